The average molecular weight is 391 g/mol. The topological polar surface area (TPSA) is 100 Å². The van der Waals surface area contributed by atoms with Crippen molar-refractivity contribution in [1.82, 2.24) is 20.3 Å². The summed E-state index contributed by atoms with van der Waals surface area (Å²) < 4.78 is 0. The van der Waals surface area contributed by atoms with E-state index in [0.29, 0.717) is 23.6 Å². The van der Waals surface area contributed by atoms with Crippen molar-refractivity contribution in [2.45, 2.75) is 51.3 Å². The van der Waals surface area contributed by atoms with Gasteiger partial charge in [0.25, 0.3) is 5.91 Å². The molecule has 7 nitrogen and oxygen atoms in total. The van der Waals surface area contributed by atoms with Crippen LogP contribution in [0.4, 0.5) is 5.95 Å². The molecule has 1 saturated carbocycles. The lowest BCUT2D eigenvalue weighted by atomic mass is 9.93. The Morgan fingerprint density at radius 2 is 1.90 bits per heavy atom. The second kappa shape index (κ2) is 8.53. The number of aliphatic hydroxyl groups is 1. The molecule has 1 aromatic carbocycles. The number of carbonyl (C=O) groups is 1. The lowest BCUT2D eigenvalue weighted by molar-refractivity contribution is 0.0952. The summed E-state index contributed by atoms with van der Waals surface area (Å²) >= 11 is 0. The van der Waals surface area contributed by atoms with E-state index in [4.69, 9.17) is 0 Å². The molecule has 0 bridgehead atoms. The van der Waals surface area contributed by atoms with E-state index in [1.165, 1.54) is 0 Å². The zero-order chi connectivity index (χ0) is 20.2. The van der Waals surface area contributed by atoms with Gasteiger partial charge >= 0.3 is 0 Å². The van der Waals surface area contributed by atoms with E-state index < -0.39 is 0 Å². The van der Waals surface area contributed by atoms with Crippen LogP contribution in [0.25, 0.3) is 10.9 Å². The molecular formula is C22H25N5O2. The van der Waals surface area contributed by atoms with Gasteiger partial charge < -0.3 is 15.7 Å². The maximum Gasteiger partial charge on any atom is 0.253 e. The van der Waals surface area contributed by atoms with E-state index in [-0.39, 0.29) is 18.1 Å². The third-order valence-electron chi connectivity index (χ3n) is 5.26. The molecule has 150 valence electrons. The lowest BCUT2D eigenvalue weighted by Gasteiger charge is -2.26. The second-order valence-corrected chi connectivity index (χ2v) is 7.54. The Morgan fingerprint density at radius 1 is 1.10 bits per heavy atom. The van der Waals surface area contributed by atoms with Crippen LogP contribution < -0.4 is 10.6 Å². The number of amides is 1. The molecule has 0 aliphatic heterocycles. The van der Waals surface area contributed by atoms with Gasteiger partial charge in [-0.2, -0.15) is 0 Å². The number of benzene rings is 1. The van der Waals surface area contributed by atoms with Crippen LogP contribution in [0.2, 0.25) is 0 Å². The van der Waals surface area contributed by atoms with E-state index in [1.807, 2.05) is 37.3 Å². The largest absolute Gasteiger partial charge is 0.393 e. The number of anilines is 1. The summed E-state index contributed by atoms with van der Waals surface area (Å²) in [6.45, 7) is 2.28. The number of para-hydroxylation sites is 1. The molecule has 2 aromatic heterocycles. The Kier molecular flexibility index (Phi) is 5.67. The lowest BCUT2D eigenvalue weighted by Crippen LogP contribution is -2.29. The van der Waals surface area contributed by atoms with E-state index in [0.717, 1.165) is 42.5 Å². The molecule has 0 unspecified atom stereocenters. The fourth-order valence-corrected chi connectivity index (χ4v) is 3.68. The molecular weight excluding hydrogens is 366 g/mol. The average Bonchev–Trinajstić information content (AvgIpc) is 2.73. The molecule has 0 saturated heterocycles. The summed E-state index contributed by atoms with van der Waals surface area (Å²) in [6, 6.07) is 11.5. The number of fused-ring (bicyclic) bond motifs is 1. The zero-order valence-electron chi connectivity index (χ0n) is 16.4. The Hall–Kier alpha value is -3.06. The van der Waals surface area contributed by atoms with E-state index in [9.17, 15) is 9.90 Å². The number of rotatable bonds is 5. The van der Waals surface area contributed by atoms with Gasteiger partial charge in [-0.15, -0.1) is 0 Å². The summed E-state index contributed by atoms with van der Waals surface area (Å²) in [4.78, 5) is 26.2. The van der Waals surface area contributed by atoms with Crippen LogP contribution in [0, 0.1) is 6.92 Å². The number of aliphatic hydroxyl groups excluding tert-OH is 1. The van der Waals surface area contributed by atoms with Crippen LogP contribution in [-0.2, 0) is 6.54 Å². The molecule has 0 spiro atoms. The summed E-state index contributed by atoms with van der Waals surface area (Å²) in [5.41, 5.74) is 2.87. The highest BCUT2D eigenvalue weighted by molar-refractivity contribution is 6.05. The molecule has 0 atom stereocenters. The van der Waals surface area contributed by atoms with Gasteiger partial charge in [-0.25, -0.2) is 9.97 Å². The molecule has 7 heteroatoms. The van der Waals surface area contributed by atoms with Crippen molar-refractivity contribution in [3.63, 3.8) is 0 Å². The number of aryl methyl sites for hydroxylation is 1. The third kappa shape index (κ3) is 4.68. The number of carbonyl (C=O) groups excluding carboxylic acids is 1. The van der Waals surface area contributed by atoms with Crippen LogP contribution in [-0.4, -0.2) is 38.1 Å². The van der Waals surface area contributed by atoms with Crippen molar-refractivity contribution in [1.29, 1.82) is 0 Å². The highest BCUT2D eigenvalue weighted by atomic mass is 16.3. The van der Waals surface area contributed by atoms with Crippen molar-refractivity contribution >= 4 is 22.8 Å². The third-order valence-corrected chi connectivity index (χ3v) is 5.26. The summed E-state index contributed by atoms with van der Waals surface area (Å²) in [5, 5.41) is 16.8. The Bertz CT molecular complexity index is 1020. The summed E-state index contributed by atoms with van der Waals surface area (Å²) in [6.07, 6.45) is 4.87. The van der Waals surface area contributed by atoms with Crippen molar-refractivity contribution in [3.8, 4) is 0 Å². The molecule has 1 aliphatic rings. The number of pyridine rings is 1. The molecule has 1 aliphatic carbocycles. The van der Waals surface area contributed by atoms with E-state index in [2.05, 4.69) is 25.6 Å². The minimum Gasteiger partial charge on any atom is -0.393 e. The van der Waals surface area contributed by atoms with E-state index >= 15 is 0 Å². The summed E-state index contributed by atoms with van der Waals surface area (Å²) in [5.74, 6) is 0.323. The van der Waals surface area contributed by atoms with Gasteiger partial charge in [0.05, 0.1) is 29.4 Å². The van der Waals surface area contributed by atoms with Crippen molar-refractivity contribution < 1.29 is 9.90 Å². The number of nitrogens with zero attached hydrogens (tertiary/aromatic N) is 3. The Balaban J connectivity index is 1.51. The molecule has 29 heavy (non-hydrogen) atoms. The predicted octanol–water partition coefficient (Wildman–Crippen LogP) is 2.98. The van der Waals surface area contributed by atoms with Gasteiger partial charge in [-0.05, 0) is 50.8 Å². The van der Waals surface area contributed by atoms with Crippen LogP contribution >= 0.6 is 0 Å². The van der Waals surface area contributed by atoms with Crippen LogP contribution in [0.1, 0.15) is 47.4 Å². The van der Waals surface area contributed by atoms with Gasteiger partial charge in [-0.1, -0.05) is 18.2 Å². The molecule has 4 rings (SSSR count). The smallest absolute Gasteiger partial charge is 0.253 e. The number of nitrogens with one attached hydrogen (secondary N) is 2. The van der Waals surface area contributed by atoms with Gasteiger partial charge in [0.15, 0.2) is 0 Å². The highest BCUT2D eigenvalue weighted by Gasteiger charge is 2.20. The quantitative estimate of drug-likeness (QED) is 0.618. The van der Waals surface area contributed by atoms with Crippen molar-refractivity contribution in [2.24, 2.45) is 0 Å². The van der Waals surface area contributed by atoms with Gasteiger partial charge in [0.2, 0.25) is 5.95 Å². The van der Waals surface area contributed by atoms with Crippen molar-refractivity contribution in [3.05, 3.63) is 59.5 Å². The van der Waals surface area contributed by atoms with Crippen LogP contribution in [0.5, 0.6) is 0 Å². The first kappa shape index (κ1) is 19.3. The Morgan fingerprint density at radius 3 is 2.69 bits per heavy atom. The molecule has 2 heterocycles. The number of hydrogen-bond acceptors (Lipinski definition) is 6. The van der Waals surface area contributed by atoms with Crippen LogP contribution in [0.3, 0.4) is 0 Å². The molecule has 3 N–H and O–H groups in total. The molecule has 3 aromatic rings. The Labute approximate surface area is 169 Å². The van der Waals surface area contributed by atoms with Crippen LogP contribution in [0.15, 0.2) is 42.6 Å². The first-order valence-corrected chi connectivity index (χ1v) is 9.99. The maximum absolute atomic E-state index is 12.8. The monoisotopic (exact) mass is 391 g/mol. The minimum atomic E-state index is -0.205. The van der Waals surface area contributed by atoms with Gasteiger partial charge in [0.1, 0.15) is 0 Å². The van der Waals surface area contributed by atoms with Crippen molar-refractivity contribution in [2.75, 3.05) is 5.32 Å². The number of aromatic nitrogens is 3. The first-order chi connectivity index (χ1) is 14.1. The highest BCUT2D eigenvalue weighted by Crippen LogP contribution is 2.23. The molecule has 1 fully saturated rings. The summed E-state index contributed by atoms with van der Waals surface area (Å²) in [7, 11) is 0. The fraction of sp³-hybridized carbons (Fsp3) is 0.364. The zero-order valence-corrected chi connectivity index (χ0v) is 16.4. The minimum absolute atomic E-state index is 0.190. The predicted molar refractivity (Wildman–Crippen MR) is 112 cm³/mol. The second-order valence-electron chi connectivity index (χ2n) is 7.54. The number of hydrogen-bond donors (Lipinski definition) is 3. The standard InChI is InChI=1S/C22H25N5O2/c1-14-4-2-6-17(25-14)13-23-21(29)19-7-3-5-15-12-24-22(27-20(15)19)26-16-8-10-18(28)11-9-16/h2-7,12,16,18,28H,8-11,13H2,1H3,(H,23,29)(H,24,26,27)/t16-,18-. The first-order valence-electron chi connectivity index (χ1n) is 9.99. The maximum atomic E-state index is 12.8. The molecule has 0 radical (unpaired) electrons. The fourth-order valence-electron chi connectivity index (χ4n) is 3.68. The van der Waals surface area contributed by atoms with Gasteiger partial charge in [0, 0.05) is 23.3 Å². The molecule has 1 amide bonds. The van der Waals surface area contributed by atoms with Gasteiger partial charge in [-0.3, -0.25) is 9.78 Å². The SMILES string of the molecule is Cc1cccc(CNC(=O)c2cccc3cnc(N[C@H]4CC[C@H](O)CC4)nc23)n1. The van der Waals surface area contributed by atoms with E-state index in [1.54, 1.807) is 12.3 Å². The normalized spacial score (nSPS) is 19.1.